The molecule has 9 nitrogen and oxygen atoms in total. The Morgan fingerprint density at radius 1 is 1.28 bits per heavy atom. The lowest BCUT2D eigenvalue weighted by atomic mass is 10.1. The van der Waals surface area contributed by atoms with Gasteiger partial charge in [-0.2, -0.15) is 0 Å². The number of carbonyl (C=O) groups is 2. The Morgan fingerprint density at radius 3 is 2.76 bits per heavy atom. The first-order valence-electron chi connectivity index (χ1n) is 8.45. The number of cyclic esters (lactones) is 1. The number of esters is 2. The van der Waals surface area contributed by atoms with Gasteiger partial charge in [-0.05, 0) is 36.8 Å². The molecule has 0 amide bonds. The molecule has 2 aromatic carbocycles. The molecular formula is C20H16N2O7. The topological polar surface area (TPSA) is 117 Å². The van der Waals surface area contributed by atoms with Crippen LogP contribution in [-0.2, 0) is 19.1 Å². The lowest BCUT2D eigenvalue weighted by molar-refractivity contribution is -0.385. The van der Waals surface area contributed by atoms with Crippen LogP contribution in [0.25, 0.3) is 6.08 Å². The third kappa shape index (κ3) is 4.46. The van der Waals surface area contributed by atoms with E-state index in [1.807, 2.05) is 0 Å². The molecule has 1 heterocycles. The number of nitrogens with zero attached hydrogens (tertiary/aromatic N) is 2. The number of ether oxygens (including phenoxy) is 3. The first-order valence-corrected chi connectivity index (χ1v) is 8.45. The molecule has 0 bridgehead atoms. The predicted molar refractivity (Wildman–Crippen MR) is 102 cm³/mol. The number of rotatable bonds is 6. The highest BCUT2D eigenvalue weighted by molar-refractivity contribution is 6.13. The molecule has 0 aliphatic carbocycles. The number of benzene rings is 2. The van der Waals surface area contributed by atoms with Crippen molar-refractivity contribution in [3.05, 3.63) is 75.0 Å². The Kier molecular flexibility index (Phi) is 5.68. The molecule has 3 rings (SSSR count). The van der Waals surface area contributed by atoms with Crippen molar-refractivity contribution in [2.45, 2.75) is 6.92 Å². The molecular weight excluding hydrogens is 380 g/mol. The van der Waals surface area contributed by atoms with E-state index in [0.29, 0.717) is 22.4 Å². The Bertz CT molecular complexity index is 1060. The van der Waals surface area contributed by atoms with Crippen molar-refractivity contribution in [3.63, 3.8) is 0 Å². The average Bonchev–Trinajstić information content (AvgIpc) is 3.06. The summed E-state index contributed by atoms with van der Waals surface area (Å²) in [6.07, 6.45) is 1.49. The van der Waals surface area contributed by atoms with Gasteiger partial charge in [0.15, 0.2) is 12.3 Å². The minimum absolute atomic E-state index is 0.000505. The number of hydrogen-bond acceptors (Lipinski definition) is 8. The van der Waals surface area contributed by atoms with Crippen LogP contribution < -0.4 is 4.74 Å². The van der Waals surface area contributed by atoms with E-state index in [2.05, 4.69) is 9.73 Å². The summed E-state index contributed by atoms with van der Waals surface area (Å²) in [7, 11) is 1.26. The first kappa shape index (κ1) is 19.7. The fourth-order valence-corrected chi connectivity index (χ4v) is 2.63. The summed E-state index contributed by atoms with van der Waals surface area (Å²) in [5.74, 6) is -0.781. The van der Waals surface area contributed by atoms with E-state index in [1.165, 1.54) is 25.3 Å². The van der Waals surface area contributed by atoms with Crippen LogP contribution in [0.3, 0.4) is 0 Å². The van der Waals surface area contributed by atoms with E-state index in [-0.39, 0.29) is 23.9 Å². The lowest BCUT2D eigenvalue weighted by Crippen LogP contribution is -2.12. The number of nitro groups is 1. The zero-order valence-electron chi connectivity index (χ0n) is 15.6. The molecule has 0 aromatic heterocycles. The van der Waals surface area contributed by atoms with Crippen LogP contribution >= 0.6 is 0 Å². The molecule has 148 valence electrons. The maximum Gasteiger partial charge on any atom is 0.363 e. The minimum atomic E-state index is -0.674. The van der Waals surface area contributed by atoms with Gasteiger partial charge in [0.25, 0.3) is 5.69 Å². The molecule has 2 aromatic rings. The maximum atomic E-state index is 12.2. The molecule has 1 aliphatic heterocycles. The Hall–Kier alpha value is -4.01. The highest BCUT2D eigenvalue weighted by Gasteiger charge is 2.27. The molecule has 0 unspecified atom stereocenters. The molecule has 0 saturated carbocycles. The average molecular weight is 396 g/mol. The van der Waals surface area contributed by atoms with Crippen LogP contribution in [0.15, 0.2) is 53.2 Å². The molecule has 1 aliphatic rings. The molecule has 0 radical (unpaired) electrons. The predicted octanol–water partition coefficient (Wildman–Crippen LogP) is 2.80. The number of nitro benzene ring substituents is 1. The zero-order chi connectivity index (χ0) is 21.0. The van der Waals surface area contributed by atoms with Gasteiger partial charge in [0.05, 0.1) is 12.0 Å². The third-order valence-corrected chi connectivity index (χ3v) is 4.10. The second kappa shape index (κ2) is 8.34. The van der Waals surface area contributed by atoms with Gasteiger partial charge in [-0.3, -0.25) is 10.1 Å². The van der Waals surface area contributed by atoms with Crippen LogP contribution in [0, 0.1) is 17.0 Å². The summed E-state index contributed by atoms with van der Waals surface area (Å²) < 4.78 is 15.0. The van der Waals surface area contributed by atoms with Gasteiger partial charge in [0.2, 0.25) is 5.90 Å². The Labute approximate surface area is 165 Å². The maximum absolute atomic E-state index is 12.2. The van der Waals surface area contributed by atoms with Crippen LogP contribution in [0.5, 0.6) is 5.75 Å². The van der Waals surface area contributed by atoms with E-state index in [4.69, 9.17) is 9.47 Å². The molecule has 0 N–H and O–H groups in total. The SMILES string of the molecule is COC(=O)COc1cccc(/C=C2\N=C(c3cccc([N+](=O)[O-])c3C)OC2=O)c1. The number of aliphatic imine (C=N–C) groups is 1. The van der Waals surface area contributed by atoms with Gasteiger partial charge in [-0.25, -0.2) is 14.6 Å². The van der Waals surface area contributed by atoms with Gasteiger partial charge in [-0.1, -0.05) is 18.2 Å². The van der Waals surface area contributed by atoms with Crippen LogP contribution in [-0.4, -0.2) is 36.5 Å². The molecule has 9 heteroatoms. The monoisotopic (exact) mass is 396 g/mol. The smallest absolute Gasteiger partial charge is 0.363 e. The highest BCUT2D eigenvalue weighted by Crippen LogP contribution is 2.26. The second-order valence-electron chi connectivity index (χ2n) is 5.98. The number of carbonyl (C=O) groups excluding carboxylic acids is 2. The quantitative estimate of drug-likeness (QED) is 0.319. The van der Waals surface area contributed by atoms with E-state index in [1.54, 1.807) is 37.3 Å². The summed E-state index contributed by atoms with van der Waals surface area (Å²) in [4.78, 5) is 38.2. The highest BCUT2D eigenvalue weighted by atomic mass is 16.6. The normalized spacial score (nSPS) is 14.3. The van der Waals surface area contributed by atoms with Crippen LogP contribution in [0.4, 0.5) is 5.69 Å². The zero-order valence-corrected chi connectivity index (χ0v) is 15.6. The Balaban J connectivity index is 1.87. The molecule has 29 heavy (non-hydrogen) atoms. The van der Waals surface area contributed by atoms with Crippen molar-refractivity contribution < 1.29 is 28.7 Å². The van der Waals surface area contributed by atoms with E-state index in [0.717, 1.165) is 0 Å². The fraction of sp³-hybridized carbons (Fsp3) is 0.150. The van der Waals surface area contributed by atoms with Gasteiger partial charge >= 0.3 is 11.9 Å². The lowest BCUT2D eigenvalue weighted by Gasteiger charge is -2.05. The van der Waals surface area contributed by atoms with Gasteiger partial charge in [0.1, 0.15) is 5.75 Å². The van der Waals surface area contributed by atoms with Crippen molar-refractivity contribution >= 4 is 29.6 Å². The van der Waals surface area contributed by atoms with Gasteiger partial charge in [0, 0.05) is 17.2 Å². The van der Waals surface area contributed by atoms with E-state index in [9.17, 15) is 19.7 Å². The standard InChI is InChI=1S/C20H16N2O7/c1-12-15(7-4-8-17(12)22(25)26)19-21-16(20(24)29-19)10-13-5-3-6-14(9-13)28-11-18(23)27-2/h3-10H,11H2,1-2H3/b16-10-. The fourth-order valence-electron chi connectivity index (χ4n) is 2.63. The van der Waals surface area contributed by atoms with E-state index >= 15 is 0 Å². The molecule has 0 fully saturated rings. The van der Waals surface area contributed by atoms with Crippen molar-refractivity contribution in [1.29, 1.82) is 0 Å². The second-order valence-corrected chi connectivity index (χ2v) is 5.98. The van der Waals surface area contributed by atoms with Crippen molar-refractivity contribution in [1.82, 2.24) is 0 Å². The van der Waals surface area contributed by atoms with Gasteiger partial charge < -0.3 is 14.2 Å². The number of methoxy groups -OCH3 is 1. The Morgan fingerprint density at radius 2 is 2.03 bits per heavy atom. The number of hydrogen-bond donors (Lipinski definition) is 0. The van der Waals surface area contributed by atoms with Crippen molar-refractivity contribution in [3.8, 4) is 5.75 Å². The van der Waals surface area contributed by atoms with E-state index < -0.39 is 16.9 Å². The van der Waals surface area contributed by atoms with Crippen LogP contribution in [0.2, 0.25) is 0 Å². The minimum Gasteiger partial charge on any atom is -0.482 e. The summed E-state index contributed by atoms with van der Waals surface area (Å²) in [5, 5.41) is 11.1. The summed E-state index contributed by atoms with van der Waals surface area (Å²) in [6.45, 7) is 1.32. The largest absolute Gasteiger partial charge is 0.482 e. The van der Waals surface area contributed by atoms with Crippen molar-refractivity contribution in [2.75, 3.05) is 13.7 Å². The molecule has 0 atom stereocenters. The summed E-state index contributed by atoms with van der Waals surface area (Å²) >= 11 is 0. The summed E-state index contributed by atoms with van der Waals surface area (Å²) in [5.41, 5.74) is 1.26. The molecule has 0 spiro atoms. The van der Waals surface area contributed by atoms with Crippen LogP contribution in [0.1, 0.15) is 16.7 Å². The third-order valence-electron chi connectivity index (χ3n) is 4.10. The first-order chi connectivity index (χ1) is 13.9. The summed E-state index contributed by atoms with van der Waals surface area (Å²) in [6, 6.07) is 11.1. The van der Waals surface area contributed by atoms with Crippen molar-refractivity contribution in [2.24, 2.45) is 4.99 Å². The molecule has 0 saturated heterocycles. The van der Waals surface area contributed by atoms with Gasteiger partial charge in [-0.15, -0.1) is 0 Å².